The van der Waals surface area contributed by atoms with Crippen LogP contribution in [0.3, 0.4) is 0 Å². The van der Waals surface area contributed by atoms with Gasteiger partial charge in [-0.25, -0.2) is 0 Å². The SMILES string of the molecule is COC(=O)C(C)CN=C(NCCCOCC1CC1)Nc1ccc2c(c1)OCCCO2. The zero-order chi connectivity index (χ0) is 21.2. The number of anilines is 1. The van der Waals surface area contributed by atoms with Gasteiger partial charge in [0.05, 0.1) is 32.8 Å². The molecule has 0 amide bonds. The van der Waals surface area contributed by atoms with E-state index in [1.807, 2.05) is 18.2 Å². The molecule has 0 saturated heterocycles. The molecule has 166 valence electrons. The van der Waals surface area contributed by atoms with Crippen molar-refractivity contribution in [2.75, 3.05) is 51.9 Å². The molecule has 8 nitrogen and oxygen atoms in total. The molecule has 30 heavy (non-hydrogen) atoms. The third-order valence-corrected chi connectivity index (χ3v) is 4.95. The van der Waals surface area contributed by atoms with Crippen LogP contribution >= 0.6 is 0 Å². The summed E-state index contributed by atoms with van der Waals surface area (Å²) in [6, 6.07) is 5.72. The minimum atomic E-state index is -0.320. The average molecular weight is 420 g/mol. The average Bonchev–Trinajstić information content (AvgIpc) is 3.60. The zero-order valence-electron chi connectivity index (χ0n) is 17.9. The van der Waals surface area contributed by atoms with Gasteiger partial charge in [-0.2, -0.15) is 0 Å². The van der Waals surface area contributed by atoms with E-state index >= 15 is 0 Å². The van der Waals surface area contributed by atoms with Gasteiger partial charge in [-0.1, -0.05) is 6.92 Å². The van der Waals surface area contributed by atoms with Gasteiger partial charge in [0, 0.05) is 37.9 Å². The van der Waals surface area contributed by atoms with Crippen LogP contribution in [0.15, 0.2) is 23.2 Å². The lowest BCUT2D eigenvalue weighted by molar-refractivity contribution is -0.144. The predicted octanol–water partition coefficient (Wildman–Crippen LogP) is 2.83. The maximum Gasteiger partial charge on any atom is 0.310 e. The Morgan fingerprint density at radius 2 is 2.07 bits per heavy atom. The third kappa shape index (κ3) is 7.40. The summed E-state index contributed by atoms with van der Waals surface area (Å²) in [6.07, 6.45) is 4.33. The molecule has 1 heterocycles. The largest absolute Gasteiger partial charge is 0.490 e. The topological polar surface area (TPSA) is 90.4 Å². The van der Waals surface area contributed by atoms with Crippen molar-refractivity contribution >= 4 is 17.6 Å². The first-order valence-corrected chi connectivity index (χ1v) is 10.8. The van der Waals surface area contributed by atoms with E-state index in [1.165, 1.54) is 20.0 Å². The molecular weight excluding hydrogens is 386 g/mol. The summed E-state index contributed by atoms with van der Waals surface area (Å²) >= 11 is 0. The van der Waals surface area contributed by atoms with E-state index in [4.69, 9.17) is 18.9 Å². The van der Waals surface area contributed by atoms with Crippen molar-refractivity contribution in [1.29, 1.82) is 0 Å². The molecule has 8 heteroatoms. The van der Waals surface area contributed by atoms with Crippen molar-refractivity contribution in [3.05, 3.63) is 18.2 Å². The van der Waals surface area contributed by atoms with Gasteiger partial charge in [-0.05, 0) is 37.3 Å². The summed E-state index contributed by atoms with van der Waals surface area (Å²) in [5, 5.41) is 6.60. The van der Waals surface area contributed by atoms with Gasteiger partial charge in [0.2, 0.25) is 0 Å². The van der Waals surface area contributed by atoms with Crippen LogP contribution in [0.25, 0.3) is 0 Å². The Bertz CT molecular complexity index is 721. The maximum atomic E-state index is 11.7. The lowest BCUT2D eigenvalue weighted by atomic mass is 10.2. The molecule has 1 atom stereocenters. The van der Waals surface area contributed by atoms with E-state index in [0.717, 1.165) is 43.4 Å². The number of nitrogens with one attached hydrogen (secondary N) is 2. The molecule has 1 aliphatic heterocycles. The number of carbonyl (C=O) groups is 1. The third-order valence-electron chi connectivity index (χ3n) is 4.95. The summed E-state index contributed by atoms with van der Waals surface area (Å²) < 4.78 is 21.9. The van der Waals surface area contributed by atoms with E-state index in [2.05, 4.69) is 15.6 Å². The van der Waals surface area contributed by atoms with Crippen molar-refractivity contribution in [2.45, 2.75) is 32.6 Å². The van der Waals surface area contributed by atoms with Crippen LogP contribution < -0.4 is 20.1 Å². The number of methoxy groups -OCH3 is 1. The molecule has 0 aromatic heterocycles. The summed E-state index contributed by atoms with van der Waals surface area (Å²) in [6.45, 7) is 5.71. The van der Waals surface area contributed by atoms with Crippen LogP contribution in [0.2, 0.25) is 0 Å². The number of aliphatic imine (C=N–C) groups is 1. The van der Waals surface area contributed by atoms with Crippen LogP contribution in [0.4, 0.5) is 5.69 Å². The Kier molecular flexibility index (Phi) is 8.62. The Labute approximate surface area is 178 Å². The fraction of sp³-hybridized carbons (Fsp3) is 0.636. The summed E-state index contributed by atoms with van der Waals surface area (Å²) in [5.41, 5.74) is 0.834. The Hall–Kier alpha value is -2.48. The fourth-order valence-electron chi connectivity index (χ4n) is 2.94. The van der Waals surface area contributed by atoms with Crippen molar-refractivity contribution in [3.63, 3.8) is 0 Å². The van der Waals surface area contributed by atoms with E-state index in [9.17, 15) is 4.79 Å². The molecule has 1 aromatic carbocycles. The first-order chi connectivity index (χ1) is 14.7. The van der Waals surface area contributed by atoms with Crippen LogP contribution in [-0.4, -0.2) is 58.6 Å². The van der Waals surface area contributed by atoms with Gasteiger partial charge in [0.15, 0.2) is 17.5 Å². The number of esters is 1. The van der Waals surface area contributed by atoms with Crippen molar-refractivity contribution < 1.29 is 23.7 Å². The standard InChI is InChI=1S/C22H33N3O5/c1-16(21(26)27-2)14-24-22(23-9-3-10-28-15-17-5-6-17)25-18-7-8-19-20(13-18)30-12-4-11-29-19/h7-8,13,16-17H,3-6,9-12,14-15H2,1-2H3,(H2,23,24,25). The molecule has 2 N–H and O–H groups in total. The molecule has 2 aliphatic rings. The van der Waals surface area contributed by atoms with Gasteiger partial charge in [0.1, 0.15) is 0 Å². The molecule has 1 aliphatic carbocycles. The molecule has 3 rings (SSSR count). The number of carbonyl (C=O) groups excluding carboxylic acids is 1. The van der Waals surface area contributed by atoms with E-state index in [1.54, 1.807) is 6.92 Å². The number of fused-ring (bicyclic) bond motifs is 1. The first kappa shape index (κ1) is 22.2. The molecule has 1 saturated carbocycles. The van der Waals surface area contributed by atoms with Crippen LogP contribution in [0, 0.1) is 11.8 Å². The predicted molar refractivity (Wildman–Crippen MR) is 115 cm³/mol. The first-order valence-electron chi connectivity index (χ1n) is 10.8. The van der Waals surface area contributed by atoms with E-state index < -0.39 is 0 Å². The number of guanidine groups is 1. The molecule has 0 radical (unpaired) electrons. The molecule has 0 spiro atoms. The lowest BCUT2D eigenvalue weighted by Gasteiger charge is -2.15. The number of benzene rings is 1. The summed E-state index contributed by atoms with van der Waals surface area (Å²) in [5.74, 6) is 2.24. The highest BCUT2D eigenvalue weighted by Crippen LogP contribution is 2.32. The Morgan fingerprint density at radius 1 is 1.27 bits per heavy atom. The number of rotatable bonds is 10. The second-order valence-electron chi connectivity index (χ2n) is 7.75. The Balaban J connectivity index is 1.56. The van der Waals surface area contributed by atoms with Gasteiger partial charge >= 0.3 is 5.97 Å². The smallest absolute Gasteiger partial charge is 0.310 e. The minimum absolute atomic E-state index is 0.276. The second kappa shape index (κ2) is 11.6. The number of ether oxygens (including phenoxy) is 4. The molecule has 1 unspecified atom stereocenters. The minimum Gasteiger partial charge on any atom is -0.490 e. The van der Waals surface area contributed by atoms with Crippen LogP contribution in [0.5, 0.6) is 11.5 Å². The molecule has 0 bridgehead atoms. The van der Waals surface area contributed by atoms with Crippen molar-refractivity contribution in [1.82, 2.24) is 5.32 Å². The normalized spacial score (nSPS) is 17.1. The molecular formula is C22H33N3O5. The quantitative estimate of drug-likeness (QED) is 0.261. The highest BCUT2D eigenvalue weighted by atomic mass is 16.5. The van der Waals surface area contributed by atoms with E-state index in [-0.39, 0.29) is 11.9 Å². The fourth-order valence-corrected chi connectivity index (χ4v) is 2.94. The van der Waals surface area contributed by atoms with Gasteiger partial charge in [-0.15, -0.1) is 0 Å². The second-order valence-corrected chi connectivity index (χ2v) is 7.75. The number of hydrogen-bond donors (Lipinski definition) is 2. The summed E-state index contributed by atoms with van der Waals surface area (Å²) in [4.78, 5) is 16.2. The highest BCUT2D eigenvalue weighted by Gasteiger charge is 2.20. The maximum absolute atomic E-state index is 11.7. The van der Waals surface area contributed by atoms with E-state index in [0.29, 0.717) is 38.0 Å². The monoisotopic (exact) mass is 419 g/mol. The van der Waals surface area contributed by atoms with Gasteiger partial charge < -0.3 is 29.6 Å². The lowest BCUT2D eigenvalue weighted by Crippen LogP contribution is -2.33. The zero-order valence-corrected chi connectivity index (χ0v) is 17.9. The molecule has 1 fully saturated rings. The van der Waals surface area contributed by atoms with Gasteiger partial charge in [-0.3, -0.25) is 9.79 Å². The van der Waals surface area contributed by atoms with Crippen LogP contribution in [-0.2, 0) is 14.3 Å². The summed E-state index contributed by atoms with van der Waals surface area (Å²) in [7, 11) is 1.39. The van der Waals surface area contributed by atoms with Crippen molar-refractivity contribution in [3.8, 4) is 11.5 Å². The number of nitrogens with zero attached hydrogens (tertiary/aromatic N) is 1. The number of hydrogen-bond acceptors (Lipinski definition) is 6. The van der Waals surface area contributed by atoms with Crippen LogP contribution in [0.1, 0.15) is 32.6 Å². The highest BCUT2D eigenvalue weighted by molar-refractivity contribution is 5.94. The van der Waals surface area contributed by atoms with Gasteiger partial charge in [0.25, 0.3) is 0 Å². The molecule has 1 aromatic rings. The Morgan fingerprint density at radius 3 is 2.83 bits per heavy atom. The van der Waals surface area contributed by atoms with Crippen molar-refractivity contribution in [2.24, 2.45) is 16.8 Å².